The highest BCUT2D eigenvalue weighted by Crippen LogP contribution is 2.39. The molecule has 0 aromatic heterocycles. The maximum atomic E-state index is 9.96. The van der Waals surface area contributed by atoms with Gasteiger partial charge in [0, 0.05) is 5.56 Å². The third-order valence-corrected chi connectivity index (χ3v) is 2.75. The van der Waals surface area contributed by atoms with E-state index >= 15 is 0 Å². The van der Waals surface area contributed by atoms with Crippen LogP contribution in [-0.2, 0) is 0 Å². The molecule has 1 aromatic carbocycles. The highest BCUT2D eigenvalue weighted by molar-refractivity contribution is 5.35. The number of methoxy groups -OCH3 is 1. The Balaban J connectivity index is 2.11. The summed E-state index contributed by atoms with van der Waals surface area (Å²) in [6.07, 6.45) is 3.05. The molecular formula is C12H16O2. The number of aliphatic hydroxyl groups is 1. The van der Waals surface area contributed by atoms with Crippen molar-refractivity contribution in [3.05, 3.63) is 29.8 Å². The summed E-state index contributed by atoms with van der Waals surface area (Å²) in [5.41, 5.74) is 0.918. The molecule has 0 saturated heterocycles. The summed E-state index contributed by atoms with van der Waals surface area (Å²) in [6.45, 7) is 0. The van der Waals surface area contributed by atoms with Gasteiger partial charge in [-0.25, -0.2) is 0 Å². The van der Waals surface area contributed by atoms with Crippen LogP contribution >= 0.6 is 0 Å². The molecule has 0 amide bonds. The van der Waals surface area contributed by atoms with Crippen LogP contribution in [0, 0.1) is 5.92 Å². The van der Waals surface area contributed by atoms with Gasteiger partial charge in [0.25, 0.3) is 0 Å². The predicted octanol–water partition coefficient (Wildman–Crippen LogP) is 2.53. The molecule has 1 aliphatic carbocycles. The third-order valence-electron chi connectivity index (χ3n) is 2.75. The summed E-state index contributed by atoms with van der Waals surface area (Å²) in [7, 11) is 1.64. The predicted molar refractivity (Wildman–Crippen MR) is 55.3 cm³/mol. The minimum Gasteiger partial charge on any atom is -0.496 e. The number of aliphatic hydroxyl groups excluding tert-OH is 1. The second-order valence-electron chi connectivity index (χ2n) is 3.94. The molecule has 1 fully saturated rings. The molecule has 0 radical (unpaired) electrons. The van der Waals surface area contributed by atoms with Crippen molar-refractivity contribution in [1.82, 2.24) is 0 Å². The molecule has 1 aromatic rings. The monoisotopic (exact) mass is 192 g/mol. The second kappa shape index (κ2) is 4.01. The fourth-order valence-electron chi connectivity index (χ4n) is 1.74. The molecule has 0 heterocycles. The average Bonchev–Trinajstić information content (AvgIpc) is 3.01. The smallest absolute Gasteiger partial charge is 0.124 e. The molecule has 0 aliphatic heterocycles. The van der Waals surface area contributed by atoms with Crippen molar-refractivity contribution >= 4 is 0 Å². The van der Waals surface area contributed by atoms with Crippen LogP contribution < -0.4 is 4.74 Å². The van der Waals surface area contributed by atoms with Crippen molar-refractivity contribution in [2.24, 2.45) is 5.92 Å². The van der Waals surface area contributed by atoms with Gasteiger partial charge < -0.3 is 9.84 Å². The Hall–Kier alpha value is -1.02. The molecule has 14 heavy (non-hydrogen) atoms. The lowest BCUT2D eigenvalue weighted by atomic mass is 10.0. The van der Waals surface area contributed by atoms with Gasteiger partial charge in [-0.2, -0.15) is 0 Å². The van der Waals surface area contributed by atoms with E-state index in [1.54, 1.807) is 7.11 Å². The topological polar surface area (TPSA) is 29.5 Å². The van der Waals surface area contributed by atoms with E-state index in [0.29, 0.717) is 0 Å². The highest BCUT2D eigenvalue weighted by atomic mass is 16.5. The van der Waals surface area contributed by atoms with Gasteiger partial charge in [-0.15, -0.1) is 0 Å². The van der Waals surface area contributed by atoms with Crippen molar-refractivity contribution in [3.63, 3.8) is 0 Å². The van der Waals surface area contributed by atoms with E-state index in [1.807, 2.05) is 24.3 Å². The van der Waals surface area contributed by atoms with Crippen LogP contribution in [0.5, 0.6) is 5.75 Å². The van der Waals surface area contributed by atoms with Gasteiger partial charge in [-0.05, 0) is 18.4 Å². The summed E-state index contributed by atoms with van der Waals surface area (Å²) in [5, 5.41) is 9.96. The average molecular weight is 192 g/mol. The SMILES string of the molecule is COc1ccccc1C(O)CC1CC1. The fraction of sp³-hybridized carbons (Fsp3) is 0.500. The maximum absolute atomic E-state index is 9.96. The number of ether oxygens (including phenoxy) is 1. The van der Waals surface area contributed by atoms with E-state index in [1.165, 1.54) is 12.8 Å². The zero-order valence-electron chi connectivity index (χ0n) is 8.44. The lowest BCUT2D eigenvalue weighted by molar-refractivity contribution is 0.156. The normalized spacial score (nSPS) is 17.9. The van der Waals surface area contributed by atoms with Gasteiger partial charge in [0.2, 0.25) is 0 Å². The molecule has 2 rings (SSSR count). The largest absolute Gasteiger partial charge is 0.496 e. The van der Waals surface area contributed by atoms with E-state index in [2.05, 4.69) is 0 Å². The number of rotatable bonds is 4. The van der Waals surface area contributed by atoms with Gasteiger partial charge in [0.15, 0.2) is 0 Å². The number of para-hydroxylation sites is 1. The van der Waals surface area contributed by atoms with Crippen LogP contribution in [0.1, 0.15) is 30.9 Å². The first-order valence-electron chi connectivity index (χ1n) is 5.12. The maximum Gasteiger partial charge on any atom is 0.124 e. The van der Waals surface area contributed by atoms with Crippen molar-refractivity contribution in [2.75, 3.05) is 7.11 Å². The molecule has 1 aliphatic rings. The quantitative estimate of drug-likeness (QED) is 0.794. The first-order chi connectivity index (χ1) is 6.81. The zero-order valence-corrected chi connectivity index (χ0v) is 8.44. The number of hydrogen-bond acceptors (Lipinski definition) is 2. The standard InChI is InChI=1S/C12H16O2/c1-14-12-5-3-2-4-10(12)11(13)8-9-6-7-9/h2-5,9,11,13H,6-8H2,1H3. The Morgan fingerprint density at radius 1 is 1.43 bits per heavy atom. The van der Waals surface area contributed by atoms with E-state index in [0.717, 1.165) is 23.7 Å². The molecule has 0 bridgehead atoms. The Labute approximate surface area is 84.5 Å². The van der Waals surface area contributed by atoms with Crippen molar-refractivity contribution in [2.45, 2.75) is 25.4 Å². The zero-order chi connectivity index (χ0) is 9.97. The highest BCUT2D eigenvalue weighted by Gasteiger charge is 2.26. The molecule has 1 saturated carbocycles. The summed E-state index contributed by atoms with van der Waals surface area (Å²) >= 11 is 0. The van der Waals surface area contributed by atoms with E-state index in [9.17, 15) is 5.11 Å². The Morgan fingerprint density at radius 2 is 2.14 bits per heavy atom. The summed E-state index contributed by atoms with van der Waals surface area (Å²) in [4.78, 5) is 0. The van der Waals surface area contributed by atoms with Gasteiger partial charge in [-0.1, -0.05) is 31.0 Å². The molecule has 2 heteroatoms. The number of hydrogen-bond donors (Lipinski definition) is 1. The van der Waals surface area contributed by atoms with Gasteiger partial charge in [0.1, 0.15) is 5.75 Å². The summed E-state index contributed by atoms with van der Waals surface area (Å²) < 4.78 is 5.21. The number of benzene rings is 1. The van der Waals surface area contributed by atoms with Crippen LogP contribution in [0.15, 0.2) is 24.3 Å². The lowest BCUT2D eigenvalue weighted by Gasteiger charge is -2.13. The van der Waals surface area contributed by atoms with Crippen LogP contribution in [-0.4, -0.2) is 12.2 Å². The van der Waals surface area contributed by atoms with Gasteiger partial charge in [-0.3, -0.25) is 0 Å². The molecule has 0 spiro atoms. The molecular weight excluding hydrogens is 176 g/mol. The molecule has 2 nitrogen and oxygen atoms in total. The molecule has 1 unspecified atom stereocenters. The third kappa shape index (κ3) is 2.07. The Morgan fingerprint density at radius 3 is 2.79 bits per heavy atom. The van der Waals surface area contributed by atoms with Crippen molar-refractivity contribution in [3.8, 4) is 5.75 Å². The van der Waals surface area contributed by atoms with Crippen LogP contribution in [0.3, 0.4) is 0 Å². The lowest BCUT2D eigenvalue weighted by Crippen LogP contribution is -2.01. The summed E-state index contributed by atoms with van der Waals surface area (Å²) in [6, 6.07) is 7.69. The minimum absolute atomic E-state index is 0.362. The van der Waals surface area contributed by atoms with Crippen molar-refractivity contribution < 1.29 is 9.84 Å². The molecule has 76 valence electrons. The Bertz CT molecular complexity index is 305. The molecule has 1 N–H and O–H groups in total. The molecule has 1 atom stereocenters. The first-order valence-corrected chi connectivity index (χ1v) is 5.12. The van der Waals surface area contributed by atoms with E-state index < -0.39 is 0 Å². The minimum atomic E-state index is -0.362. The Kier molecular flexibility index (Phi) is 2.73. The van der Waals surface area contributed by atoms with Crippen LogP contribution in [0.2, 0.25) is 0 Å². The van der Waals surface area contributed by atoms with E-state index in [-0.39, 0.29) is 6.10 Å². The summed E-state index contributed by atoms with van der Waals surface area (Å²) in [5.74, 6) is 1.52. The van der Waals surface area contributed by atoms with Crippen molar-refractivity contribution in [1.29, 1.82) is 0 Å². The second-order valence-corrected chi connectivity index (χ2v) is 3.94. The fourth-order valence-corrected chi connectivity index (χ4v) is 1.74. The van der Waals surface area contributed by atoms with Gasteiger partial charge >= 0.3 is 0 Å². The van der Waals surface area contributed by atoms with E-state index in [4.69, 9.17) is 4.74 Å². The van der Waals surface area contributed by atoms with Crippen LogP contribution in [0.4, 0.5) is 0 Å². The van der Waals surface area contributed by atoms with Gasteiger partial charge in [0.05, 0.1) is 13.2 Å². The van der Waals surface area contributed by atoms with Crippen LogP contribution in [0.25, 0.3) is 0 Å². The first kappa shape index (κ1) is 9.53.